The van der Waals surface area contributed by atoms with Crippen molar-refractivity contribution in [3.8, 4) is 11.5 Å². The third-order valence-corrected chi connectivity index (χ3v) is 7.02. The molecule has 2 aromatic carbocycles. The van der Waals surface area contributed by atoms with Crippen LogP contribution in [-0.4, -0.2) is 32.1 Å². The molecule has 1 saturated carbocycles. The number of anilines is 1. The number of nitrogens with zero attached hydrogens (tertiary/aromatic N) is 1. The molecule has 2 amide bonds. The quantitative estimate of drug-likeness (QED) is 0.462. The Bertz CT molecular complexity index is 1100. The zero-order valence-corrected chi connectivity index (χ0v) is 20.3. The SMILES string of the molecule is COc1ccc(OC)c([C@H](C(=O)NC2CCCC2)N(C(=O)Cc2cccs2)c2ccccc2)c1. The minimum absolute atomic E-state index is 0.108. The molecule has 0 unspecified atom stereocenters. The van der Waals surface area contributed by atoms with Crippen molar-refractivity contribution in [3.05, 3.63) is 76.5 Å². The lowest BCUT2D eigenvalue weighted by atomic mass is 10.00. The monoisotopic (exact) mass is 478 g/mol. The van der Waals surface area contributed by atoms with Crippen LogP contribution >= 0.6 is 11.3 Å². The summed E-state index contributed by atoms with van der Waals surface area (Å²) >= 11 is 1.53. The normalized spacial score (nSPS) is 14.4. The largest absolute Gasteiger partial charge is 0.497 e. The van der Waals surface area contributed by atoms with Gasteiger partial charge in [0.1, 0.15) is 17.5 Å². The first-order valence-electron chi connectivity index (χ1n) is 11.5. The second kappa shape index (κ2) is 11.2. The summed E-state index contributed by atoms with van der Waals surface area (Å²) in [5, 5.41) is 5.15. The Kier molecular flexibility index (Phi) is 7.85. The van der Waals surface area contributed by atoms with Crippen LogP contribution in [0.25, 0.3) is 0 Å². The average molecular weight is 479 g/mol. The Hall–Kier alpha value is -3.32. The summed E-state index contributed by atoms with van der Waals surface area (Å²) in [5.74, 6) is 0.734. The lowest BCUT2D eigenvalue weighted by Gasteiger charge is -2.33. The van der Waals surface area contributed by atoms with Gasteiger partial charge in [0.25, 0.3) is 0 Å². The van der Waals surface area contributed by atoms with E-state index in [0.717, 1.165) is 30.6 Å². The number of amides is 2. The van der Waals surface area contributed by atoms with Crippen molar-refractivity contribution in [1.29, 1.82) is 0 Å². The molecule has 34 heavy (non-hydrogen) atoms. The van der Waals surface area contributed by atoms with Gasteiger partial charge in [0.2, 0.25) is 11.8 Å². The van der Waals surface area contributed by atoms with Gasteiger partial charge in [-0.1, -0.05) is 37.1 Å². The van der Waals surface area contributed by atoms with E-state index in [1.165, 1.54) is 11.3 Å². The number of hydrogen-bond donors (Lipinski definition) is 1. The van der Waals surface area contributed by atoms with Gasteiger partial charge < -0.3 is 14.8 Å². The van der Waals surface area contributed by atoms with Crippen molar-refractivity contribution in [2.24, 2.45) is 0 Å². The number of thiophene rings is 1. The van der Waals surface area contributed by atoms with Gasteiger partial charge in [0, 0.05) is 22.2 Å². The predicted molar refractivity (Wildman–Crippen MR) is 135 cm³/mol. The van der Waals surface area contributed by atoms with Crippen LogP contribution in [0, 0.1) is 0 Å². The Balaban J connectivity index is 1.82. The van der Waals surface area contributed by atoms with Crippen LogP contribution in [0.1, 0.15) is 42.2 Å². The van der Waals surface area contributed by atoms with E-state index in [1.807, 2.05) is 47.8 Å². The summed E-state index contributed by atoms with van der Waals surface area (Å²) in [5.41, 5.74) is 1.24. The molecule has 0 spiro atoms. The molecular weight excluding hydrogens is 448 g/mol. The number of hydrogen-bond acceptors (Lipinski definition) is 5. The van der Waals surface area contributed by atoms with Crippen LogP contribution < -0.4 is 19.7 Å². The number of nitrogens with one attached hydrogen (secondary N) is 1. The van der Waals surface area contributed by atoms with Gasteiger partial charge in [-0.25, -0.2) is 0 Å². The minimum Gasteiger partial charge on any atom is -0.497 e. The second-order valence-electron chi connectivity index (χ2n) is 8.36. The van der Waals surface area contributed by atoms with Gasteiger partial charge in [0.05, 0.1) is 20.6 Å². The van der Waals surface area contributed by atoms with Crippen LogP contribution in [0.15, 0.2) is 66.0 Å². The highest BCUT2D eigenvalue weighted by atomic mass is 32.1. The Morgan fingerprint density at radius 3 is 2.44 bits per heavy atom. The number of carbonyl (C=O) groups is 2. The van der Waals surface area contributed by atoms with Crippen LogP contribution in [0.4, 0.5) is 5.69 Å². The highest BCUT2D eigenvalue weighted by Gasteiger charge is 2.36. The third kappa shape index (κ3) is 5.42. The number of rotatable bonds is 9. The van der Waals surface area contributed by atoms with Gasteiger partial charge in [-0.05, 0) is 54.6 Å². The maximum atomic E-state index is 13.9. The summed E-state index contributed by atoms with van der Waals surface area (Å²) in [6, 6.07) is 17.7. The molecule has 1 aromatic heterocycles. The summed E-state index contributed by atoms with van der Waals surface area (Å²) in [6.45, 7) is 0. The zero-order chi connectivity index (χ0) is 23.9. The van der Waals surface area contributed by atoms with E-state index in [9.17, 15) is 9.59 Å². The first kappa shape index (κ1) is 23.8. The number of benzene rings is 2. The zero-order valence-electron chi connectivity index (χ0n) is 19.5. The van der Waals surface area contributed by atoms with Crippen molar-refractivity contribution in [3.63, 3.8) is 0 Å². The molecule has 0 saturated heterocycles. The van der Waals surface area contributed by atoms with E-state index in [1.54, 1.807) is 37.3 Å². The number of carbonyl (C=O) groups excluding carboxylic acids is 2. The van der Waals surface area contributed by atoms with Crippen molar-refractivity contribution >= 4 is 28.8 Å². The maximum absolute atomic E-state index is 13.9. The Morgan fingerprint density at radius 2 is 1.79 bits per heavy atom. The van der Waals surface area contributed by atoms with Crippen molar-refractivity contribution in [2.75, 3.05) is 19.1 Å². The van der Waals surface area contributed by atoms with Crippen LogP contribution in [-0.2, 0) is 16.0 Å². The van der Waals surface area contributed by atoms with E-state index >= 15 is 0 Å². The number of para-hydroxylation sites is 1. The molecule has 178 valence electrons. The number of methoxy groups -OCH3 is 2. The molecule has 1 fully saturated rings. The molecule has 0 bridgehead atoms. The molecule has 0 aliphatic heterocycles. The molecular formula is C27H30N2O4S. The first-order valence-corrected chi connectivity index (χ1v) is 12.4. The summed E-state index contributed by atoms with van der Waals surface area (Å²) in [6.07, 6.45) is 4.28. The molecule has 1 atom stereocenters. The molecule has 4 rings (SSSR count). The van der Waals surface area contributed by atoms with Gasteiger partial charge >= 0.3 is 0 Å². The molecule has 1 N–H and O–H groups in total. The fourth-order valence-electron chi connectivity index (χ4n) is 4.47. The highest BCUT2D eigenvalue weighted by Crippen LogP contribution is 2.37. The third-order valence-electron chi connectivity index (χ3n) is 6.15. The van der Waals surface area contributed by atoms with Crippen LogP contribution in [0.5, 0.6) is 11.5 Å². The molecule has 7 heteroatoms. The molecule has 6 nitrogen and oxygen atoms in total. The smallest absolute Gasteiger partial charge is 0.248 e. The molecule has 1 aliphatic rings. The van der Waals surface area contributed by atoms with Crippen LogP contribution in [0.3, 0.4) is 0 Å². The number of ether oxygens (including phenoxy) is 2. The first-order chi connectivity index (χ1) is 16.6. The van der Waals surface area contributed by atoms with Crippen LogP contribution in [0.2, 0.25) is 0 Å². The van der Waals surface area contributed by atoms with E-state index in [4.69, 9.17) is 9.47 Å². The Morgan fingerprint density at radius 1 is 1.03 bits per heavy atom. The molecule has 1 aliphatic carbocycles. The van der Waals surface area contributed by atoms with E-state index in [2.05, 4.69) is 5.32 Å². The second-order valence-corrected chi connectivity index (χ2v) is 9.39. The summed E-state index contributed by atoms with van der Waals surface area (Å²) in [4.78, 5) is 30.2. The maximum Gasteiger partial charge on any atom is 0.248 e. The highest BCUT2D eigenvalue weighted by molar-refractivity contribution is 7.10. The van der Waals surface area contributed by atoms with Crippen molar-refractivity contribution < 1.29 is 19.1 Å². The molecule has 1 heterocycles. The van der Waals surface area contributed by atoms with E-state index in [0.29, 0.717) is 22.7 Å². The molecule has 0 radical (unpaired) electrons. The van der Waals surface area contributed by atoms with Gasteiger partial charge in [0.15, 0.2) is 0 Å². The lowest BCUT2D eigenvalue weighted by Crippen LogP contribution is -2.47. The van der Waals surface area contributed by atoms with Crippen molar-refractivity contribution in [2.45, 2.75) is 44.2 Å². The Labute approximate surface area is 204 Å². The van der Waals surface area contributed by atoms with E-state index < -0.39 is 6.04 Å². The van der Waals surface area contributed by atoms with E-state index in [-0.39, 0.29) is 24.3 Å². The topological polar surface area (TPSA) is 67.9 Å². The fraction of sp³-hybridized carbons (Fsp3) is 0.333. The lowest BCUT2D eigenvalue weighted by molar-refractivity contribution is -0.127. The van der Waals surface area contributed by atoms with Crippen molar-refractivity contribution in [1.82, 2.24) is 5.32 Å². The summed E-state index contributed by atoms with van der Waals surface area (Å²) < 4.78 is 11.1. The summed E-state index contributed by atoms with van der Waals surface area (Å²) in [7, 11) is 3.15. The minimum atomic E-state index is -0.916. The molecule has 3 aromatic rings. The average Bonchev–Trinajstić information content (AvgIpc) is 3.57. The van der Waals surface area contributed by atoms with Gasteiger partial charge in [-0.3, -0.25) is 14.5 Å². The van der Waals surface area contributed by atoms with Gasteiger partial charge in [-0.15, -0.1) is 11.3 Å². The standard InChI is InChI=1S/C27H30N2O4S/c1-32-21-14-15-24(33-2)23(17-21)26(27(31)28-19-9-6-7-10-19)29(20-11-4-3-5-12-20)25(30)18-22-13-8-16-34-22/h3-5,8,11-17,19,26H,6-7,9-10,18H2,1-2H3,(H,28,31)/t26-/m1/s1. The fourth-order valence-corrected chi connectivity index (χ4v) is 5.17. The van der Waals surface area contributed by atoms with Gasteiger partial charge in [-0.2, -0.15) is 0 Å². The predicted octanol–water partition coefficient (Wildman–Crippen LogP) is 5.14.